The van der Waals surface area contributed by atoms with Crippen molar-refractivity contribution < 1.29 is 9.59 Å². The Kier molecular flexibility index (Phi) is 11.0. The third-order valence-electron chi connectivity index (χ3n) is 5.37. The highest BCUT2D eigenvalue weighted by atomic mass is 16.2. The first-order chi connectivity index (χ1) is 12.0. The quantitative estimate of drug-likeness (QED) is 0.536. The van der Waals surface area contributed by atoms with E-state index in [1.165, 1.54) is 32.4 Å². The number of piperidine rings is 1. The fraction of sp³-hybridized carbons (Fsp3) is 0.905. The van der Waals surface area contributed by atoms with Gasteiger partial charge in [0.05, 0.1) is 6.42 Å². The Hall–Kier alpha value is -0.900. The molecule has 1 heterocycles. The number of likely N-dealkylation sites (tertiary alicyclic amines) is 1. The number of ketones is 1. The maximum Gasteiger partial charge on any atom is 0.227 e. The molecule has 0 bridgehead atoms. The standard InChI is InChI=1S/C21H40N2O2/c1-5-7-11-19(6-2)20(24)15-21(25)22-18(4)14-17(3)16-23-12-9-8-10-13-23/h17-19H,5-16H2,1-4H3,(H,22,25). The number of unbranched alkanes of at least 4 members (excludes halogenated alkanes) is 1. The fourth-order valence-electron chi connectivity index (χ4n) is 3.99. The largest absolute Gasteiger partial charge is 0.353 e. The van der Waals surface area contributed by atoms with Crippen LogP contribution in [-0.4, -0.2) is 42.3 Å². The third kappa shape index (κ3) is 9.39. The molecule has 4 nitrogen and oxygen atoms in total. The number of hydrogen-bond donors (Lipinski definition) is 1. The van der Waals surface area contributed by atoms with E-state index >= 15 is 0 Å². The summed E-state index contributed by atoms with van der Waals surface area (Å²) >= 11 is 0. The van der Waals surface area contributed by atoms with Crippen LogP contribution >= 0.6 is 0 Å². The molecule has 0 aliphatic carbocycles. The van der Waals surface area contributed by atoms with Crippen molar-refractivity contribution >= 4 is 11.7 Å². The second-order valence-corrected chi connectivity index (χ2v) is 8.06. The average molecular weight is 353 g/mol. The predicted octanol–water partition coefficient (Wildman–Crippen LogP) is 4.18. The van der Waals surface area contributed by atoms with Gasteiger partial charge in [0.25, 0.3) is 0 Å². The van der Waals surface area contributed by atoms with E-state index in [2.05, 4.69) is 31.0 Å². The Morgan fingerprint density at radius 1 is 1.08 bits per heavy atom. The van der Waals surface area contributed by atoms with Gasteiger partial charge in [0.15, 0.2) is 0 Å². The number of carbonyl (C=O) groups excluding carboxylic acids is 2. The normalized spacial score (nSPS) is 19.2. The molecular weight excluding hydrogens is 312 g/mol. The average Bonchev–Trinajstić information content (AvgIpc) is 2.55. The molecule has 1 amide bonds. The Labute approximate surface area is 155 Å². The molecule has 3 unspecified atom stereocenters. The summed E-state index contributed by atoms with van der Waals surface area (Å²) in [7, 11) is 0. The molecule has 0 aromatic rings. The minimum atomic E-state index is -0.0994. The van der Waals surface area contributed by atoms with Crippen LogP contribution in [0.4, 0.5) is 0 Å². The van der Waals surface area contributed by atoms with Crippen LogP contribution in [0.3, 0.4) is 0 Å². The summed E-state index contributed by atoms with van der Waals surface area (Å²) in [6, 6.07) is 0.135. The van der Waals surface area contributed by atoms with Gasteiger partial charge in [-0.25, -0.2) is 0 Å². The van der Waals surface area contributed by atoms with Gasteiger partial charge in [0.1, 0.15) is 5.78 Å². The SMILES string of the molecule is CCCCC(CC)C(=O)CC(=O)NC(C)CC(C)CN1CCCCC1. The first-order valence-electron chi connectivity index (χ1n) is 10.5. The summed E-state index contributed by atoms with van der Waals surface area (Å²) in [6.45, 7) is 12.1. The van der Waals surface area contributed by atoms with Crippen molar-refractivity contribution in [1.29, 1.82) is 0 Å². The van der Waals surface area contributed by atoms with Crippen molar-refractivity contribution in [3.05, 3.63) is 0 Å². The second kappa shape index (κ2) is 12.5. The summed E-state index contributed by atoms with van der Waals surface area (Å²) in [5, 5.41) is 3.04. The summed E-state index contributed by atoms with van der Waals surface area (Å²) in [5.41, 5.74) is 0. The van der Waals surface area contributed by atoms with E-state index < -0.39 is 0 Å². The van der Waals surface area contributed by atoms with Gasteiger partial charge in [-0.3, -0.25) is 9.59 Å². The van der Waals surface area contributed by atoms with Crippen molar-refractivity contribution in [3.63, 3.8) is 0 Å². The molecule has 1 aliphatic rings. The minimum absolute atomic E-state index is 0.0487. The molecule has 3 atom stereocenters. The van der Waals surface area contributed by atoms with E-state index in [1.807, 2.05) is 6.92 Å². The van der Waals surface area contributed by atoms with Crippen LogP contribution in [0.5, 0.6) is 0 Å². The monoisotopic (exact) mass is 352 g/mol. The first-order valence-corrected chi connectivity index (χ1v) is 10.5. The highest BCUT2D eigenvalue weighted by Crippen LogP contribution is 2.16. The van der Waals surface area contributed by atoms with Crippen LogP contribution in [0.1, 0.15) is 85.5 Å². The molecule has 1 fully saturated rings. The van der Waals surface area contributed by atoms with Gasteiger partial charge >= 0.3 is 0 Å². The summed E-state index contributed by atoms with van der Waals surface area (Å²) in [6.07, 6.45) is 8.95. The lowest BCUT2D eigenvalue weighted by molar-refractivity contribution is -0.130. The highest BCUT2D eigenvalue weighted by molar-refractivity contribution is 5.99. The molecule has 4 heteroatoms. The van der Waals surface area contributed by atoms with Gasteiger partial charge in [-0.2, -0.15) is 0 Å². The van der Waals surface area contributed by atoms with Gasteiger partial charge in [0.2, 0.25) is 5.91 Å². The molecule has 0 radical (unpaired) electrons. The number of amides is 1. The molecule has 146 valence electrons. The minimum Gasteiger partial charge on any atom is -0.353 e. The second-order valence-electron chi connectivity index (χ2n) is 8.06. The van der Waals surface area contributed by atoms with Crippen molar-refractivity contribution in [2.45, 2.75) is 91.5 Å². The van der Waals surface area contributed by atoms with Gasteiger partial charge in [-0.15, -0.1) is 0 Å². The van der Waals surface area contributed by atoms with E-state index in [0.29, 0.717) is 5.92 Å². The highest BCUT2D eigenvalue weighted by Gasteiger charge is 2.21. The number of rotatable bonds is 12. The molecule has 0 saturated carbocycles. The number of nitrogens with one attached hydrogen (secondary N) is 1. The van der Waals surface area contributed by atoms with E-state index in [0.717, 1.165) is 38.6 Å². The van der Waals surface area contributed by atoms with Crippen molar-refractivity contribution in [2.75, 3.05) is 19.6 Å². The van der Waals surface area contributed by atoms with E-state index in [9.17, 15) is 9.59 Å². The van der Waals surface area contributed by atoms with E-state index in [-0.39, 0.29) is 30.1 Å². The van der Waals surface area contributed by atoms with Crippen molar-refractivity contribution in [2.24, 2.45) is 11.8 Å². The van der Waals surface area contributed by atoms with Crippen LogP contribution in [0.25, 0.3) is 0 Å². The Bertz CT molecular complexity index is 391. The van der Waals surface area contributed by atoms with E-state index in [1.54, 1.807) is 0 Å². The molecule has 1 rings (SSSR count). The Balaban J connectivity index is 2.28. The molecule has 1 N–H and O–H groups in total. The zero-order valence-corrected chi connectivity index (χ0v) is 17.0. The Morgan fingerprint density at radius 2 is 1.76 bits per heavy atom. The van der Waals surface area contributed by atoms with Crippen LogP contribution in [0.2, 0.25) is 0 Å². The number of hydrogen-bond acceptors (Lipinski definition) is 3. The number of nitrogens with zero attached hydrogens (tertiary/aromatic N) is 1. The number of carbonyl (C=O) groups is 2. The zero-order valence-electron chi connectivity index (χ0n) is 17.0. The number of Topliss-reactive ketones (excluding diaryl/α,β-unsaturated/α-hetero) is 1. The van der Waals surface area contributed by atoms with Gasteiger partial charge < -0.3 is 10.2 Å². The summed E-state index contributed by atoms with van der Waals surface area (Å²) in [5.74, 6) is 0.635. The smallest absolute Gasteiger partial charge is 0.227 e. The topological polar surface area (TPSA) is 49.4 Å². The van der Waals surface area contributed by atoms with Crippen molar-refractivity contribution in [1.82, 2.24) is 10.2 Å². The third-order valence-corrected chi connectivity index (χ3v) is 5.37. The first kappa shape index (κ1) is 22.1. The van der Waals surface area contributed by atoms with E-state index in [4.69, 9.17) is 0 Å². The zero-order chi connectivity index (χ0) is 18.7. The molecule has 0 spiro atoms. The maximum atomic E-state index is 12.3. The van der Waals surface area contributed by atoms with Crippen LogP contribution in [0, 0.1) is 11.8 Å². The van der Waals surface area contributed by atoms with Gasteiger partial charge in [0, 0.05) is 18.5 Å². The lowest BCUT2D eigenvalue weighted by Gasteiger charge is -2.30. The maximum absolute atomic E-state index is 12.3. The molecule has 25 heavy (non-hydrogen) atoms. The molecular formula is C21H40N2O2. The predicted molar refractivity (Wildman–Crippen MR) is 105 cm³/mol. The summed E-state index contributed by atoms with van der Waals surface area (Å²) in [4.78, 5) is 27.0. The summed E-state index contributed by atoms with van der Waals surface area (Å²) < 4.78 is 0. The van der Waals surface area contributed by atoms with Crippen molar-refractivity contribution in [3.8, 4) is 0 Å². The molecule has 1 aliphatic heterocycles. The molecule has 0 aromatic carbocycles. The van der Waals surface area contributed by atoms with Crippen LogP contribution in [-0.2, 0) is 9.59 Å². The fourth-order valence-corrected chi connectivity index (χ4v) is 3.99. The van der Waals surface area contributed by atoms with Crippen LogP contribution in [0.15, 0.2) is 0 Å². The Morgan fingerprint density at radius 3 is 2.36 bits per heavy atom. The lowest BCUT2D eigenvalue weighted by atomic mass is 9.92. The van der Waals surface area contributed by atoms with Gasteiger partial charge in [-0.05, 0) is 58.0 Å². The van der Waals surface area contributed by atoms with Gasteiger partial charge in [-0.1, -0.05) is 40.0 Å². The molecule has 0 aromatic heterocycles. The lowest BCUT2D eigenvalue weighted by Crippen LogP contribution is -2.38. The molecule has 1 saturated heterocycles. The van der Waals surface area contributed by atoms with Crippen LogP contribution < -0.4 is 5.32 Å².